The number of halogens is 1. The third-order valence-electron chi connectivity index (χ3n) is 3.81. The van der Waals surface area contributed by atoms with Crippen molar-refractivity contribution in [1.29, 1.82) is 0 Å². The van der Waals surface area contributed by atoms with Crippen LogP contribution in [0.2, 0.25) is 0 Å². The smallest absolute Gasteiger partial charge is 0.241 e. The maximum absolute atomic E-state index is 13.2. The fourth-order valence-corrected chi connectivity index (χ4v) is 2.64. The van der Waals surface area contributed by atoms with Crippen molar-refractivity contribution in [3.05, 3.63) is 65.0 Å². The Morgan fingerprint density at radius 3 is 2.81 bits per heavy atom. The molecule has 1 aliphatic rings. The molecule has 0 aromatic heterocycles. The molecule has 0 unspecified atom stereocenters. The number of hydrogen-bond acceptors (Lipinski definition) is 2. The van der Waals surface area contributed by atoms with E-state index in [9.17, 15) is 9.18 Å². The van der Waals surface area contributed by atoms with E-state index in [1.807, 2.05) is 31.2 Å². The summed E-state index contributed by atoms with van der Waals surface area (Å²) in [5.41, 5.74) is 3.85. The van der Waals surface area contributed by atoms with Gasteiger partial charge < -0.3 is 10.2 Å². The normalized spacial score (nSPS) is 14.8. The van der Waals surface area contributed by atoms with E-state index < -0.39 is 0 Å². The lowest BCUT2D eigenvalue weighted by Crippen LogP contribution is -2.35. The van der Waals surface area contributed by atoms with Gasteiger partial charge in [-0.3, -0.25) is 4.79 Å². The van der Waals surface area contributed by atoms with E-state index in [-0.39, 0.29) is 11.7 Å². The van der Waals surface area contributed by atoms with Crippen LogP contribution in [0.15, 0.2) is 42.5 Å². The van der Waals surface area contributed by atoms with Crippen LogP contribution in [0.5, 0.6) is 0 Å². The van der Waals surface area contributed by atoms with Crippen LogP contribution in [-0.2, 0) is 17.9 Å². The van der Waals surface area contributed by atoms with Crippen molar-refractivity contribution in [2.24, 2.45) is 0 Å². The predicted octanol–water partition coefficient (Wildman–Crippen LogP) is 2.77. The molecular formula is C17H17FN2O. The molecule has 0 atom stereocenters. The first kappa shape index (κ1) is 13.8. The lowest BCUT2D eigenvalue weighted by molar-refractivity contribution is -0.117. The lowest BCUT2D eigenvalue weighted by atomic mass is 10.1. The van der Waals surface area contributed by atoms with E-state index >= 15 is 0 Å². The summed E-state index contributed by atoms with van der Waals surface area (Å²) in [5, 5.41) is 3.14. The summed E-state index contributed by atoms with van der Waals surface area (Å²) in [6.07, 6.45) is 0. The quantitative estimate of drug-likeness (QED) is 0.919. The molecule has 2 aromatic carbocycles. The molecule has 0 saturated heterocycles. The second-order valence-corrected chi connectivity index (χ2v) is 5.28. The number of hydrogen-bond donors (Lipinski definition) is 1. The monoisotopic (exact) mass is 284 g/mol. The standard InChI is InChI=1S/C17H17FN2O/c1-12-8-15(18)7-6-14(12)11-20-16-5-3-2-4-13(16)9-19-10-17(20)21/h2-8,19H,9-11H2,1H3. The predicted molar refractivity (Wildman–Crippen MR) is 80.5 cm³/mol. The molecule has 21 heavy (non-hydrogen) atoms. The Labute approximate surface area is 123 Å². The van der Waals surface area contributed by atoms with Gasteiger partial charge in [0.2, 0.25) is 5.91 Å². The molecule has 0 bridgehead atoms. The third kappa shape index (κ3) is 2.81. The number of carbonyl (C=O) groups is 1. The molecule has 0 fully saturated rings. The number of nitrogens with one attached hydrogen (secondary N) is 1. The molecule has 3 rings (SSSR count). The number of rotatable bonds is 2. The van der Waals surface area contributed by atoms with E-state index in [1.54, 1.807) is 11.0 Å². The van der Waals surface area contributed by atoms with Crippen LogP contribution in [0.1, 0.15) is 16.7 Å². The van der Waals surface area contributed by atoms with E-state index in [0.29, 0.717) is 19.6 Å². The average Bonchev–Trinajstić information content (AvgIpc) is 2.62. The van der Waals surface area contributed by atoms with E-state index in [1.165, 1.54) is 12.1 Å². The zero-order valence-electron chi connectivity index (χ0n) is 11.9. The molecule has 1 N–H and O–H groups in total. The number of para-hydroxylation sites is 1. The highest BCUT2D eigenvalue weighted by Gasteiger charge is 2.22. The molecule has 0 saturated carbocycles. The topological polar surface area (TPSA) is 32.3 Å². The molecule has 0 radical (unpaired) electrons. The van der Waals surface area contributed by atoms with E-state index in [2.05, 4.69) is 5.32 Å². The Morgan fingerprint density at radius 1 is 1.19 bits per heavy atom. The van der Waals surface area contributed by atoms with Gasteiger partial charge in [-0.05, 0) is 41.8 Å². The van der Waals surface area contributed by atoms with Crippen LogP contribution in [0.3, 0.4) is 0 Å². The number of benzene rings is 2. The van der Waals surface area contributed by atoms with Crippen molar-refractivity contribution in [1.82, 2.24) is 5.32 Å². The Morgan fingerprint density at radius 2 is 2.00 bits per heavy atom. The van der Waals surface area contributed by atoms with Gasteiger partial charge in [-0.25, -0.2) is 4.39 Å². The first-order valence-electron chi connectivity index (χ1n) is 6.99. The molecular weight excluding hydrogens is 267 g/mol. The van der Waals surface area contributed by atoms with E-state index in [0.717, 1.165) is 22.4 Å². The molecule has 4 heteroatoms. The molecule has 1 heterocycles. The minimum atomic E-state index is -0.250. The summed E-state index contributed by atoms with van der Waals surface area (Å²) in [5.74, 6) is -0.218. The van der Waals surface area contributed by atoms with Crippen LogP contribution >= 0.6 is 0 Å². The van der Waals surface area contributed by atoms with Crippen LogP contribution in [0.25, 0.3) is 0 Å². The maximum atomic E-state index is 13.2. The van der Waals surface area contributed by atoms with Gasteiger partial charge >= 0.3 is 0 Å². The van der Waals surface area contributed by atoms with Crippen LogP contribution in [0.4, 0.5) is 10.1 Å². The van der Waals surface area contributed by atoms with Gasteiger partial charge in [0.05, 0.1) is 13.1 Å². The van der Waals surface area contributed by atoms with Crippen molar-refractivity contribution in [2.75, 3.05) is 11.4 Å². The van der Waals surface area contributed by atoms with Gasteiger partial charge in [-0.1, -0.05) is 24.3 Å². The first-order chi connectivity index (χ1) is 10.1. The van der Waals surface area contributed by atoms with Crippen LogP contribution in [-0.4, -0.2) is 12.5 Å². The second-order valence-electron chi connectivity index (χ2n) is 5.28. The average molecular weight is 284 g/mol. The van der Waals surface area contributed by atoms with Crippen molar-refractivity contribution in [2.45, 2.75) is 20.0 Å². The van der Waals surface area contributed by atoms with Crippen molar-refractivity contribution < 1.29 is 9.18 Å². The number of aryl methyl sites for hydroxylation is 1. The highest BCUT2D eigenvalue weighted by atomic mass is 19.1. The van der Waals surface area contributed by atoms with Crippen LogP contribution < -0.4 is 10.2 Å². The third-order valence-corrected chi connectivity index (χ3v) is 3.81. The van der Waals surface area contributed by atoms with Gasteiger partial charge in [-0.2, -0.15) is 0 Å². The fraction of sp³-hybridized carbons (Fsp3) is 0.235. The van der Waals surface area contributed by atoms with E-state index in [4.69, 9.17) is 0 Å². The van der Waals surface area contributed by atoms with Gasteiger partial charge in [-0.15, -0.1) is 0 Å². The highest BCUT2D eigenvalue weighted by Crippen LogP contribution is 2.25. The zero-order valence-corrected chi connectivity index (χ0v) is 11.9. The Hall–Kier alpha value is -2.20. The minimum Gasteiger partial charge on any atom is -0.307 e. The minimum absolute atomic E-state index is 0.0312. The van der Waals surface area contributed by atoms with Gasteiger partial charge in [0.1, 0.15) is 5.82 Å². The van der Waals surface area contributed by atoms with Crippen molar-refractivity contribution >= 4 is 11.6 Å². The molecule has 0 aliphatic carbocycles. The molecule has 1 aliphatic heterocycles. The molecule has 0 spiro atoms. The number of nitrogens with zero attached hydrogens (tertiary/aromatic N) is 1. The Balaban J connectivity index is 1.98. The number of fused-ring (bicyclic) bond motifs is 1. The summed E-state index contributed by atoms with van der Waals surface area (Å²) in [4.78, 5) is 14.1. The molecule has 108 valence electrons. The van der Waals surface area contributed by atoms with Crippen LogP contribution in [0, 0.1) is 12.7 Å². The summed E-state index contributed by atoms with van der Waals surface area (Å²) in [7, 11) is 0. The Bertz CT molecular complexity index is 684. The number of carbonyl (C=O) groups excluding carboxylic acids is 1. The molecule has 1 amide bonds. The summed E-state index contributed by atoms with van der Waals surface area (Å²) in [6, 6.07) is 12.6. The van der Waals surface area contributed by atoms with Crippen molar-refractivity contribution in [3.63, 3.8) is 0 Å². The molecule has 3 nitrogen and oxygen atoms in total. The lowest BCUT2D eigenvalue weighted by Gasteiger charge is -2.23. The first-order valence-corrected chi connectivity index (χ1v) is 6.99. The summed E-state index contributed by atoms with van der Waals surface area (Å²) < 4.78 is 13.2. The highest BCUT2D eigenvalue weighted by molar-refractivity contribution is 5.96. The number of amides is 1. The maximum Gasteiger partial charge on any atom is 0.241 e. The van der Waals surface area contributed by atoms with Gasteiger partial charge in [0.25, 0.3) is 0 Å². The van der Waals surface area contributed by atoms with Gasteiger partial charge in [0, 0.05) is 12.2 Å². The number of anilines is 1. The van der Waals surface area contributed by atoms with Gasteiger partial charge in [0.15, 0.2) is 0 Å². The Kier molecular flexibility index (Phi) is 3.71. The summed E-state index contributed by atoms with van der Waals surface area (Å²) in [6.45, 7) is 3.32. The zero-order chi connectivity index (χ0) is 14.8. The fourth-order valence-electron chi connectivity index (χ4n) is 2.64. The largest absolute Gasteiger partial charge is 0.307 e. The SMILES string of the molecule is Cc1cc(F)ccc1CN1C(=O)CNCc2ccccc21. The van der Waals surface area contributed by atoms with Crippen molar-refractivity contribution in [3.8, 4) is 0 Å². The molecule has 2 aromatic rings. The summed E-state index contributed by atoms with van der Waals surface area (Å²) >= 11 is 0. The second kappa shape index (κ2) is 5.66.